The summed E-state index contributed by atoms with van der Waals surface area (Å²) in [6.45, 7) is 6.28. The minimum Gasteiger partial charge on any atom is -0.494 e. The number of nitrogens with one attached hydrogen (secondary N) is 1. The highest BCUT2D eigenvalue weighted by molar-refractivity contribution is 9.10. The minimum atomic E-state index is -0.646. The lowest BCUT2D eigenvalue weighted by atomic mass is 10.1. The lowest BCUT2D eigenvalue weighted by Crippen LogP contribution is -2.30. The van der Waals surface area contributed by atoms with Crippen molar-refractivity contribution in [3.63, 3.8) is 0 Å². The van der Waals surface area contributed by atoms with Crippen molar-refractivity contribution in [2.75, 3.05) is 11.9 Å². The predicted octanol–water partition coefficient (Wildman–Crippen LogP) is 5.69. The van der Waals surface area contributed by atoms with E-state index >= 15 is 0 Å². The Labute approximate surface area is 176 Å². The van der Waals surface area contributed by atoms with E-state index in [1.807, 2.05) is 62.4 Å². The van der Waals surface area contributed by atoms with E-state index in [0.29, 0.717) is 17.5 Å². The maximum absolute atomic E-state index is 12.5. The molecule has 3 aromatic rings. The molecule has 1 amide bonds. The molecule has 0 aliphatic rings. The average Bonchev–Trinajstić information content (AvgIpc) is 3.02. The van der Waals surface area contributed by atoms with Crippen molar-refractivity contribution in [1.82, 2.24) is 4.98 Å². The van der Waals surface area contributed by atoms with E-state index in [0.717, 1.165) is 26.4 Å². The third kappa shape index (κ3) is 5.11. The minimum absolute atomic E-state index is 0.244. The molecule has 0 spiro atoms. The summed E-state index contributed by atoms with van der Waals surface area (Å²) in [6, 6.07) is 15.2. The molecule has 0 aliphatic carbocycles. The number of ether oxygens (including phenoxy) is 2. The first-order chi connectivity index (χ1) is 13.5. The van der Waals surface area contributed by atoms with Crippen LogP contribution in [0.15, 0.2) is 53.0 Å². The topological polar surface area (TPSA) is 60.5 Å². The number of aromatic nitrogens is 1. The molecule has 7 heteroatoms. The van der Waals surface area contributed by atoms with E-state index in [2.05, 4.69) is 26.2 Å². The third-order valence-corrected chi connectivity index (χ3v) is 5.32. The van der Waals surface area contributed by atoms with Gasteiger partial charge in [-0.2, -0.15) is 0 Å². The highest BCUT2D eigenvalue weighted by Crippen LogP contribution is 2.31. The summed E-state index contributed by atoms with van der Waals surface area (Å²) in [5.41, 5.74) is 1.83. The Morgan fingerprint density at radius 2 is 1.96 bits per heavy atom. The van der Waals surface area contributed by atoms with E-state index < -0.39 is 6.10 Å². The summed E-state index contributed by atoms with van der Waals surface area (Å²) in [5.74, 6) is 1.21. The summed E-state index contributed by atoms with van der Waals surface area (Å²) >= 11 is 4.83. The molecular weight excluding hydrogens is 440 g/mol. The van der Waals surface area contributed by atoms with Crippen molar-refractivity contribution in [2.24, 2.45) is 0 Å². The number of carbonyl (C=O) groups is 1. The van der Waals surface area contributed by atoms with Gasteiger partial charge in [0.2, 0.25) is 0 Å². The van der Waals surface area contributed by atoms with Gasteiger partial charge in [-0.1, -0.05) is 22.0 Å². The standard InChI is InChI=1S/C21H21BrN2O3S/c1-4-26-17-10-8-15(9-11-17)19-14(3)28-21(23-19)24-20(25)13(2)27-18-7-5-6-16(22)12-18/h5-13H,4H2,1-3H3,(H,23,24,25). The van der Waals surface area contributed by atoms with Crippen LogP contribution in [0.2, 0.25) is 0 Å². The van der Waals surface area contributed by atoms with Gasteiger partial charge in [-0.15, -0.1) is 11.3 Å². The molecule has 0 radical (unpaired) electrons. The molecule has 3 rings (SSSR count). The van der Waals surface area contributed by atoms with Crippen LogP contribution < -0.4 is 14.8 Å². The van der Waals surface area contributed by atoms with E-state index in [4.69, 9.17) is 9.47 Å². The number of nitrogens with zero attached hydrogens (tertiary/aromatic N) is 1. The molecule has 0 aliphatic heterocycles. The van der Waals surface area contributed by atoms with Gasteiger partial charge in [0.05, 0.1) is 12.3 Å². The highest BCUT2D eigenvalue weighted by Gasteiger charge is 2.18. The molecule has 0 saturated carbocycles. The molecule has 2 aromatic carbocycles. The van der Waals surface area contributed by atoms with Crippen molar-refractivity contribution in [3.8, 4) is 22.8 Å². The Kier molecular flexibility index (Phi) is 6.70. The Hall–Kier alpha value is -2.38. The zero-order valence-corrected chi connectivity index (χ0v) is 18.3. The average molecular weight is 461 g/mol. The second-order valence-electron chi connectivity index (χ2n) is 6.09. The number of hydrogen-bond donors (Lipinski definition) is 1. The zero-order chi connectivity index (χ0) is 20.1. The zero-order valence-electron chi connectivity index (χ0n) is 15.9. The number of rotatable bonds is 7. The van der Waals surface area contributed by atoms with Gasteiger partial charge in [0, 0.05) is 14.9 Å². The number of anilines is 1. The summed E-state index contributed by atoms with van der Waals surface area (Å²) in [7, 11) is 0. The molecule has 1 aromatic heterocycles. The van der Waals surface area contributed by atoms with Crippen LogP contribution in [0, 0.1) is 6.92 Å². The van der Waals surface area contributed by atoms with Crippen LogP contribution >= 0.6 is 27.3 Å². The lowest BCUT2D eigenvalue weighted by Gasteiger charge is -2.13. The van der Waals surface area contributed by atoms with Gasteiger partial charge < -0.3 is 9.47 Å². The fourth-order valence-corrected chi connectivity index (χ4v) is 3.82. The van der Waals surface area contributed by atoms with Crippen LogP contribution in [0.4, 0.5) is 5.13 Å². The molecule has 5 nitrogen and oxygen atoms in total. The van der Waals surface area contributed by atoms with E-state index in [-0.39, 0.29) is 5.91 Å². The van der Waals surface area contributed by atoms with Gasteiger partial charge in [0.1, 0.15) is 11.5 Å². The summed E-state index contributed by atoms with van der Waals surface area (Å²) in [6.07, 6.45) is -0.646. The van der Waals surface area contributed by atoms with Gasteiger partial charge in [-0.25, -0.2) is 4.98 Å². The quantitative estimate of drug-likeness (QED) is 0.492. The first-order valence-electron chi connectivity index (χ1n) is 8.90. The molecule has 1 heterocycles. The van der Waals surface area contributed by atoms with Crippen LogP contribution in [0.1, 0.15) is 18.7 Å². The largest absolute Gasteiger partial charge is 0.494 e. The number of carbonyl (C=O) groups excluding carboxylic acids is 1. The van der Waals surface area contributed by atoms with Gasteiger partial charge >= 0.3 is 0 Å². The number of thiazole rings is 1. The van der Waals surface area contributed by atoms with E-state index in [1.165, 1.54) is 11.3 Å². The fourth-order valence-electron chi connectivity index (χ4n) is 2.60. The van der Waals surface area contributed by atoms with Crippen LogP contribution in [0.5, 0.6) is 11.5 Å². The molecule has 0 fully saturated rings. The number of aryl methyl sites for hydroxylation is 1. The normalized spacial score (nSPS) is 11.7. The summed E-state index contributed by atoms with van der Waals surface area (Å²) < 4.78 is 12.1. The lowest BCUT2D eigenvalue weighted by molar-refractivity contribution is -0.122. The van der Waals surface area contributed by atoms with Crippen molar-refractivity contribution < 1.29 is 14.3 Å². The molecule has 1 unspecified atom stereocenters. The molecule has 146 valence electrons. The van der Waals surface area contributed by atoms with E-state index in [1.54, 1.807) is 6.92 Å². The Morgan fingerprint density at radius 3 is 2.64 bits per heavy atom. The fraction of sp³-hybridized carbons (Fsp3) is 0.238. The SMILES string of the molecule is CCOc1ccc(-c2nc(NC(=O)C(C)Oc3cccc(Br)c3)sc2C)cc1. The van der Waals surface area contributed by atoms with Crippen LogP contribution in [0.3, 0.4) is 0 Å². The molecule has 1 atom stereocenters. The third-order valence-electron chi connectivity index (χ3n) is 3.94. The Bertz CT molecular complexity index is 957. The maximum atomic E-state index is 12.5. The number of halogens is 1. The molecule has 0 saturated heterocycles. The molecule has 0 bridgehead atoms. The first kappa shape index (κ1) is 20.4. The monoisotopic (exact) mass is 460 g/mol. The first-order valence-corrected chi connectivity index (χ1v) is 10.5. The second-order valence-corrected chi connectivity index (χ2v) is 8.21. The Balaban J connectivity index is 1.67. The van der Waals surface area contributed by atoms with Gasteiger partial charge in [-0.05, 0) is 63.2 Å². The summed E-state index contributed by atoms with van der Waals surface area (Å²) in [5, 5.41) is 3.40. The molecular formula is C21H21BrN2O3S. The van der Waals surface area contributed by atoms with Gasteiger partial charge in [-0.3, -0.25) is 10.1 Å². The van der Waals surface area contributed by atoms with Gasteiger partial charge in [0.25, 0.3) is 5.91 Å². The van der Waals surface area contributed by atoms with Crippen LogP contribution in [0.25, 0.3) is 11.3 Å². The van der Waals surface area contributed by atoms with Crippen molar-refractivity contribution >= 4 is 38.3 Å². The van der Waals surface area contributed by atoms with Crippen molar-refractivity contribution in [2.45, 2.75) is 26.9 Å². The van der Waals surface area contributed by atoms with Gasteiger partial charge in [0.15, 0.2) is 11.2 Å². The smallest absolute Gasteiger partial charge is 0.266 e. The van der Waals surface area contributed by atoms with Crippen molar-refractivity contribution in [1.29, 1.82) is 0 Å². The number of benzene rings is 2. The van der Waals surface area contributed by atoms with Crippen LogP contribution in [-0.4, -0.2) is 23.6 Å². The maximum Gasteiger partial charge on any atom is 0.266 e. The number of hydrogen-bond acceptors (Lipinski definition) is 5. The van der Waals surface area contributed by atoms with Crippen molar-refractivity contribution in [3.05, 3.63) is 57.9 Å². The van der Waals surface area contributed by atoms with Crippen LogP contribution in [-0.2, 0) is 4.79 Å². The Morgan fingerprint density at radius 1 is 1.21 bits per heavy atom. The highest BCUT2D eigenvalue weighted by atomic mass is 79.9. The molecule has 1 N–H and O–H groups in total. The number of amides is 1. The predicted molar refractivity (Wildman–Crippen MR) is 116 cm³/mol. The summed E-state index contributed by atoms with van der Waals surface area (Å²) in [4.78, 5) is 18.1. The second kappa shape index (κ2) is 9.21. The van der Waals surface area contributed by atoms with E-state index in [9.17, 15) is 4.79 Å². The molecule has 28 heavy (non-hydrogen) atoms.